The van der Waals surface area contributed by atoms with Crippen molar-refractivity contribution in [2.75, 3.05) is 26.8 Å². The van der Waals surface area contributed by atoms with Crippen LogP contribution in [-0.2, 0) is 4.74 Å². The molecule has 1 fully saturated rings. The van der Waals surface area contributed by atoms with Crippen molar-refractivity contribution in [1.29, 1.82) is 0 Å². The summed E-state index contributed by atoms with van der Waals surface area (Å²) in [6.45, 7) is 9.84. The maximum Gasteiger partial charge on any atom is 0.0525 e. The molecule has 0 saturated carbocycles. The fourth-order valence-corrected chi connectivity index (χ4v) is 2.70. The first-order valence-electron chi connectivity index (χ1n) is 7.49. The summed E-state index contributed by atoms with van der Waals surface area (Å²) in [6.07, 6.45) is 6.71. The zero-order chi connectivity index (χ0) is 13.4. The van der Waals surface area contributed by atoms with Gasteiger partial charge in [0.2, 0.25) is 0 Å². The lowest BCUT2D eigenvalue weighted by atomic mass is 9.94. The summed E-state index contributed by atoms with van der Waals surface area (Å²) < 4.78 is 5.25. The Morgan fingerprint density at radius 2 is 2.11 bits per heavy atom. The second kappa shape index (κ2) is 8.13. The summed E-state index contributed by atoms with van der Waals surface area (Å²) >= 11 is 0. The van der Waals surface area contributed by atoms with Gasteiger partial charge in [0.1, 0.15) is 0 Å². The van der Waals surface area contributed by atoms with Crippen LogP contribution in [0.3, 0.4) is 0 Å². The molecule has 2 N–H and O–H groups in total. The number of hydrogen-bond acceptors (Lipinski definition) is 3. The molecule has 0 aliphatic carbocycles. The lowest BCUT2D eigenvalue weighted by Crippen LogP contribution is -2.41. The van der Waals surface area contributed by atoms with Crippen LogP contribution in [0.1, 0.15) is 52.9 Å². The molecule has 1 heterocycles. The number of methoxy groups -OCH3 is 1. The molecule has 0 bridgehead atoms. The topological polar surface area (TPSA) is 33.3 Å². The molecule has 1 aliphatic rings. The zero-order valence-electron chi connectivity index (χ0n) is 12.7. The highest BCUT2D eigenvalue weighted by Gasteiger charge is 2.20. The standard InChI is InChI=1S/C15H32N2O/c1-13(17-11-15(2,3)12-18-4)10-14-8-6-5-7-9-16-14/h13-14,16-17H,5-12H2,1-4H3. The molecule has 2 atom stereocenters. The molecule has 2 unspecified atom stereocenters. The van der Waals surface area contributed by atoms with Crippen LogP contribution < -0.4 is 10.6 Å². The first kappa shape index (κ1) is 15.9. The Morgan fingerprint density at radius 3 is 2.83 bits per heavy atom. The van der Waals surface area contributed by atoms with Crippen molar-refractivity contribution in [1.82, 2.24) is 10.6 Å². The molecule has 0 aromatic carbocycles. The first-order chi connectivity index (χ1) is 8.53. The van der Waals surface area contributed by atoms with E-state index in [0.29, 0.717) is 12.1 Å². The number of nitrogens with one attached hydrogen (secondary N) is 2. The quantitative estimate of drug-likeness (QED) is 0.734. The van der Waals surface area contributed by atoms with Crippen molar-refractivity contribution < 1.29 is 4.74 Å². The minimum absolute atomic E-state index is 0.222. The Morgan fingerprint density at radius 1 is 1.33 bits per heavy atom. The van der Waals surface area contributed by atoms with Crippen LogP contribution >= 0.6 is 0 Å². The van der Waals surface area contributed by atoms with Gasteiger partial charge in [-0.1, -0.05) is 26.7 Å². The molecule has 1 rings (SSSR count). The number of hydrogen-bond donors (Lipinski definition) is 2. The number of rotatable bonds is 7. The summed E-state index contributed by atoms with van der Waals surface area (Å²) in [7, 11) is 1.78. The molecule has 0 aromatic rings. The van der Waals surface area contributed by atoms with Crippen molar-refractivity contribution in [3.05, 3.63) is 0 Å². The highest BCUT2D eigenvalue weighted by atomic mass is 16.5. The minimum Gasteiger partial charge on any atom is -0.384 e. The van der Waals surface area contributed by atoms with E-state index >= 15 is 0 Å². The SMILES string of the molecule is COCC(C)(C)CNC(C)CC1CCCCCN1. The molecule has 0 radical (unpaired) electrons. The monoisotopic (exact) mass is 256 g/mol. The average molecular weight is 256 g/mol. The van der Waals surface area contributed by atoms with E-state index in [2.05, 4.69) is 31.4 Å². The Hall–Kier alpha value is -0.120. The summed E-state index contributed by atoms with van der Waals surface area (Å²) in [5.74, 6) is 0. The highest BCUT2D eigenvalue weighted by Crippen LogP contribution is 2.16. The normalized spacial score (nSPS) is 23.7. The van der Waals surface area contributed by atoms with Crippen LogP contribution in [0.4, 0.5) is 0 Å². The Labute approximate surface area is 113 Å². The van der Waals surface area contributed by atoms with Gasteiger partial charge in [-0.15, -0.1) is 0 Å². The maximum atomic E-state index is 5.25. The molecular weight excluding hydrogens is 224 g/mol. The molecule has 0 aromatic heterocycles. The van der Waals surface area contributed by atoms with Gasteiger partial charge in [0.15, 0.2) is 0 Å². The molecular formula is C15H32N2O. The highest BCUT2D eigenvalue weighted by molar-refractivity contribution is 4.78. The average Bonchev–Trinajstić information content (AvgIpc) is 2.55. The largest absolute Gasteiger partial charge is 0.384 e. The van der Waals surface area contributed by atoms with Crippen LogP contribution in [-0.4, -0.2) is 38.9 Å². The molecule has 18 heavy (non-hydrogen) atoms. The van der Waals surface area contributed by atoms with Gasteiger partial charge in [0.05, 0.1) is 6.61 Å². The fourth-order valence-electron chi connectivity index (χ4n) is 2.70. The Kier molecular flexibility index (Phi) is 7.20. The van der Waals surface area contributed by atoms with Crippen molar-refractivity contribution in [3.63, 3.8) is 0 Å². The Bertz CT molecular complexity index is 211. The Balaban J connectivity index is 2.21. The van der Waals surface area contributed by atoms with Gasteiger partial charge < -0.3 is 15.4 Å². The molecule has 0 spiro atoms. The third-order valence-electron chi connectivity index (χ3n) is 3.76. The second-order valence-electron chi connectivity index (χ2n) is 6.62. The van der Waals surface area contributed by atoms with Crippen molar-refractivity contribution in [2.24, 2.45) is 5.41 Å². The summed E-state index contributed by atoms with van der Waals surface area (Å²) in [5, 5.41) is 7.33. The van der Waals surface area contributed by atoms with E-state index in [1.165, 1.54) is 38.6 Å². The van der Waals surface area contributed by atoms with E-state index in [1.54, 1.807) is 7.11 Å². The predicted octanol–water partition coefficient (Wildman–Crippen LogP) is 2.56. The lowest BCUT2D eigenvalue weighted by molar-refractivity contribution is 0.101. The van der Waals surface area contributed by atoms with E-state index < -0.39 is 0 Å². The van der Waals surface area contributed by atoms with Crippen LogP contribution in [0, 0.1) is 5.41 Å². The molecule has 1 aliphatic heterocycles. The van der Waals surface area contributed by atoms with Crippen LogP contribution in [0.25, 0.3) is 0 Å². The maximum absolute atomic E-state index is 5.25. The van der Waals surface area contributed by atoms with E-state index in [0.717, 1.165) is 13.2 Å². The van der Waals surface area contributed by atoms with Crippen LogP contribution in [0.15, 0.2) is 0 Å². The molecule has 1 saturated heterocycles. The van der Waals surface area contributed by atoms with Gasteiger partial charge in [-0.05, 0) is 32.7 Å². The van der Waals surface area contributed by atoms with Crippen LogP contribution in [0.5, 0.6) is 0 Å². The second-order valence-corrected chi connectivity index (χ2v) is 6.62. The first-order valence-corrected chi connectivity index (χ1v) is 7.49. The third-order valence-corrected chi connectivity index (χ3v) is 3.76. The molecule has 108 valence electrons. The third kappa shape index (κ3) is 6.72. The summed E-state index contributed by atoms with van der Waals surface area (Å²) in [6, 6.07) is 1.29. The fraction of sp³-hybridized carbons (Fsp3) is 1.00. The van der Waals surface area contributed by atoms with Crippen LogP contribution in [0.2, 0.25) is 0 Å². The molecule has 0 amide bonds. The van der Waals surface area contributed by atoms with Gasteiger partial charge in [0, 0.05) is 31.2 Å². The summed E-state index contributed by atoms with van der Waals surface area (Å²) in [5.41, 5.74) is 0.222. The smallest absolute Gasteiger partial charge is 0.0525 e. The summed E-state index contributed by atoms with van der Waals surface area (Å²) in [4.78, 5) is 0. The lowest BCUT2D eigenvalue weighted by Gasteiger charge is -2.28. The minimum atomic E-state index is 0.222. The van der Waals surface area contributed by atoms with E-state index in [9.17, 15) is 0 Å². The van der Waals surface area contributed by atoms with Crippen molar-refractivity contribution >= 4 is 0 Å². The number of ether oxygens (including phenoxy) is 1. The van der Waals surface area contributed by atoms with E-state index in [4.69, 9.17) is 4.74 Å². The van der Waals surface area contributed by atoms with Crippen molar-refractivity contribution in [3.8, 4) is 0 Å². The van der Waals surface area contributed by atoms with Gasteiger partial charge in [0.25, 0.3) is 0 Å². The van der Waals surface area contributed by atoms with E-state index in [-0.39, 0.29) is 5.41 Å². The van der Waals surface area contributed by atoms with Gasteiger partial charge >= 0.3 is 0 Å². The predicted molar refractivity (Wildman–Crippen MR) is 78.0 cm³/mol. The van der Waals surface area contributed by atoms with Gasteiger partial charge in [-0.3, -0.25) is 0 Å². The van der Waals surface area contributed by atoms with Crippen molar-refractivity contribution in [2.45, 2.75) is 65.0 Å². The molecule has 3 nitrogen and oxygen atoms in total. The van der Waals surface area contributed by atoms with Gasteiger partial charge in [-0.25, -0.2) is 0 Å². The molecule has 3 heteroatoms. The van der Waals surface area contributed by atoms with E-state index in [1.807, 2.05) is 0 Å². The van der Waals surface area contributed by atoms with Gasteiger partial charge in [-0.2, -0.15) is 0 Å². The zero-order valence-corrected chi connectivity index (χ0v) is 12.7.